The molecule has 3 rings (SSSR count). The number of hydrogen-bond donors (Lipinski definition) is 2. The van der Waals surface area contributed by atoms with Gasteiger partial charge in [0.15, 0.2) is 0 Å². The highest BCUT2D eigenvalue weighted by Gasteiger charge is 2.38. The molecule has 1 unspecified atom stereocenters. The lowest BCUT2D eigenvalue weighted by molar-refractivity contribution is -0.132. The fourth-order valence-electron chi connectivity index (χ4n) is 2.55. The number of amides is 2. The Morgan fingerprint density at radius 3 is 2.96 bits per heavy atom. The average Bonchev–Trinajstić information content (AvgIpc) is 3.25. The predicted molar refractivity (Wildman–Crippen MR) is 111 cm³/mol. The van der Waals surface area contributed by atoms with Gasteiger partial charge in [0.05, 0.1) is 11.2 Å². The fourth-order valence-corrected chi connectivity index (χ4v) is 4.15. The smallest absolute Gasteiger partial charge is 0.266 e. The fraction of sp³-hybridized carbons (Fsp3) is 0.222. The van der Waals surface area contributed by atoms with Gasteiger partial charge < -0.3 is 10.3 Å². The Kier molecular flexibility index (Phi) is 6.30. The number of thiocarbonyl (C=S) groups is 1. The first-order valence-electron chi connectivity index (χ1n) is 8.24. The summed E-state index contributed by atoms with van der Waals surface area (Å²) in [5.74, 6) is -0.550. The number of thioether (sulfide) groups is 1. The number of H-pyrrole nitrogens is 1. The predicted octanol–water partition coefficient (Wildman–Crippen LogP) is 3.01. The molecular weight excluding hydrogens is 404 g/mol. The van der Waals surface area contributed by atoms with Crippen LogP contribution in [0.4, 0.5) is 0 Å². The largest absolute Gasteiger partial charge is 0.354 e. The van der Waals surface area contributed by atoms with Crippen molar-refractivity contribution in [1.29, 1.82) is 0 Å². The van der Waals surface area contributed by atoms with Gasteiger partial charge in [-0.1, -0.05) is 53.8 Å². The average molecular weight is 421 g/mol. The van der Waals surface area contributed by atoms with Gasteiger partial charge in [0.25, 0.3) is 5.91 Å². The highest BCUT2D eigenvalue weighted by Crippen LogP contribution is 2.34. The van der Waals surface area contributed by atoms with E-state index in [1.54, 1.807) is 31.6 Å². The van der Waals surface area contributed by atoms with E-state index in [4.69, 9.17) is 23.8 Å². The van der Waals surface area contributed by atoms with E-state index in [1.165, 1.54) is 16.7 Å². The number of halogens is 1. The van der Waals surface area contributed by atoms with Crippen LogP contribution in [0.3, 0.4) is 0 Å². The third-order valence-electron chi connectivity index (χ3n) is 4.03. The van der Waals surface area contributed by atoms with Gasteiger partial charge in [0, 0.05) is 29.9 Å². The molecule has 0 bridgehead atoms. The Morgan fingerprint density at radius 1 is 1.48 bits per heavy atom. The third kappa shape index (κ3) is 4.58. The Hall–Kier alpha value is -2.16. The second-order valence-electron chi connectivity index (χ2n) is 5.87. The number of aromatic nitrogens is 2. The molecule has 2 heterocycles. The number of nitrogens with zero attached hydrogens (tertiary/aromatic N) is 2. The summed E-state index contributed by atoms with van der Waals surface area (Å²) in [6.45, 7) is 2.10. The molecule has 1 aliphatic rings. The number of imidazole rings is 1. The van der Waals surface area contributed by atoms with E-state index < -0.39 is 6.04 Å². The lowest BCUT2D eigenvalue weighted by atomic mass is 10.2. The molecule has 0 spiro atoms. The molecule has 1 atom stereocenters. The van der Waals surface area contributed by atoms with Gasteiger partial charge in [-0.2, -0.15) is 0 Å². The van der Waals surface area contributed by atoms with Crippen molar-refractivity contribution in [2.24, 2.45) is 0 Å². The standard InChI is InChI=1S/C18H17ClN4O2S2/c1-11(16(24)21-7-6-13-9-20-10-22-13)23-17(25)15(27-18(23)26)8-12-4-2-3-5-14(12)19/h2-5,8-11H,6-7H2,1H3,(H,20,22)(H,21,24). The number of nitrogens with one attached hydrogen (secondary N) is 2. The van der Waals surface area contributed by atoms with Crippen molar-refractivity contribution in [3.63, 3.8) is 0 Å². The highest BCUT2D eigenvalue weighted by molar-refractivity contribution is 8.26. The second kappa shape index (κ2) is 8.69. The number of aromatic amines is 1. The van der Waals surface area contributed by atoms with E-state index in [1.807, 2.05) is 18.2 Å². The molecule has 27 heavy (non-hydrogen) atoms. The van der Waals surface area contributed by atoms with Gasteiger partial charge in [-0.15, -0.1) is 0 Å². The number of carbonyl (C=O) groups excluding carboxylic acids is 2. The second-order valence-corrected chi connectivity index (χ2v) is 7.95. The lowest BCUT2D eigenvalue weighted by Gasteiger charge is -2.22. The van der Waals surface area contributed by atoms with Crippen LogP contribution in [0.2, 0.25) is 5.02 Å². The number of benzene rings is 1. The highest BCUT2D eigenvalue weighted by atomic mass is 35.5. The van der Waals surface area contributed by atoms with Crippen LogP contribution in [0.15, 0.2) is 41.7 Å². The first-order valence-corrected chi connectivity index (χ1v) is 9.84. The molecular formula is C18H17ClN4O2S2. The van der Waals surface area contributed by atoms with E-state index in [0.717, 1.165) is 11.3 Å². The Morgan fingerprint density at radius 2 is 2.26 bits per heavy atom. The molecule has 140 valence electrons. The normalized spacial score (nSPS) is 16.8. The number of carbonyl (C=O) groups is 2. The summed E-state index contributed by atoms with van der Waals surface area (Å²) in [5.41, 5.74) is 1.66. The molecule has 1 fully saturated rings. The van der Waals surface area contributed by atoms with Crippen LogP contribution in [0.1, 0.15) is 18.2 Å². The van der Waals surface area contributed by atoms with E-state index in [0.29, 0.717) is 27.2 Å². The minimum absolute atomic E-state index is 0.259. The molecule has 0 saturated carbocycles. The van der Waals surface area contributed by atoms with Crippen molar-refractivity contribution >= 4 is 57.8 Å². The van der Waals surface area contributed by atoms with Crippen molar-refractivity contribution in [2.75, 3.05) is 6.54 Å². The molecule has 0 aliphatic carbocycles. The van der Waals surface area contributed by atoms with E-state index >= 15 is 0 Å². The summed E-state index contributed by atoms with van der Waals surface area (Å²) in [6.07, 6.45) is 5.62. The summed E-state index contributed by atoms with van der Waals surface area (Å²) in [7, 11) is 0. The summed E-state index contributed by atoms with van der Waals surface area (Å²) in [4.78, 5) is 33.9. The Balaban J connectivity index is 1.65. The molecule has 1 saturated heterocycles. The van der Waals surface area contributed by atoms with Gasteiger partial charge >= 0.3 is 0 Å². The van der Waals surface area contributed by atoms with Gasteiger partial charge in [-0.25, -0.2) is 4.98 Å². The summed E-state index contributed by atoms with van der Waals surface area (Å²) < 4.78 is 0.356. The van der Waals surface area contributed by atoms with E-state index in [-0.39, 0.29) is 11.8 Å². The number of rotatable bonds is 6. The topological polar surface area (TPSA) is 78.1 Å². The molecule has 1 aliphatic heterocycles. The maximum Gasteiger partial charge on any atom is 0.266 e. The van der Waals surface area contributed by atoms with Crippen LogP contribution >= 0.6 is 35.6 Å². The van der Waals surface area contributed by atoms with E-state index in [9.17, 15) is 9.59 Å². The molecule has 2 amide bonds. The zero-order chi connectivity index (χ0) is 19.4. The van der Waals surface area contributed by atoms with Crippen LogP contribution in [0, 0.1) is 0 Å². The molecule has 0 radical (unpaired) electrons. The van der Waals surface area contributed by atoms with Crippen LogP contribution in [-0.4, -0.2) is 43.6 Å². The zero-order valence-electron chi connectivity index (χ0n) is 14.4. The van der Waals surface area contributed by atoms with Crippen molar-refractivity contribution < 1.29 is 9.59 Å². The van der Waals surface area contributed by atoms with Crippen LogP contribution < -0.4 is 5.32 Å². The minimum Gasteiger partial charge on any atom is -0.354 e. The zero-order valence-corrected chi connectivity index (χ0v) is 16.8. The maximum atomic E-state index is 12.8. The molecule has 6 nitrogen and oxygen atoms in total. The Bertz CT molecular complexity index is 899. The van der Waals surface area contributed by atoms with Crippen LogP contribution in [0.5, 0.6) is 0 Å². The van der Waals surface area contributed by atoms with Gasteiger partial charge in [-0.05, 0) is 24.6 Å². The maximum absolute atomic E-state index is 12.8. The van der Waals surface area contributed by atoms with Crippen LogP contribution in [0.25, 0.3) is 6.08 Å². The van der Waals surface area contributed by atoms with E-state index in [2.05, 4.69) is 15.3 Å². The molecule has 2 aromatic rings. The van der Waals surface area contributed by atoms with Gasteiger partial charge in [0.2, 0.25) is 5.91 Å². The van der Waals surface area contributed by atoms with Gasteiger partial charge in [0.1, 0.15) is 10.4 Å². The molecule has 1 aromatic carbocycles. The molecule has 2 N–H and O–H groups in total. The quantitative estimate of drug-likeness (QED) is 0.554. The SMILES string of the molecule is CC(C(=O)NCCc1cnc[nH]1)N1C(=O)C(=Cc2ccccc2Cl)SC1=S. The molecule has 1 aromatic heterocycles. The minimum atomic E-state index is -0.698. The first-order chi connectivity index (χ1) is 13.0. The first kappa shape index (κ1) is 19.6. The van der Waals surface area contributed by atoms with Crippen LogP contribution in [-0.2, 0) is 16.0 Å². The summed E-state index contributed by atoms with van der Waals surface area (Å²) in [6, 6.07) is 6.54. The van der Waals surface area contributed by atoms with Crippen molar-refractivity contribution in [3.05, 3.63) is 58.0 Å². The van der Waals surface area contributed by atoms with Crippen molar-refractivity contribution in [2.45, 2.75) is 19.4 Å². The molecule has 9 heteroatoms. The lowest BCUT2D eigenvalue weighted by Crippen LogP contribution is -2.47. The Labute approximate surface area is 171 Å². The van der Waals surface area contributed by atoms with Gasteiger partial charge in [-0.3, -0.25) is 14.5 Å². The van der Waals surface area contributed by atoms with Crippen molar-refractivity contribution in [3.8, 4) is 0 Å². The third-order valence-corrected chi connectivity index (χ3v) is 5.71. The summed E-state index contributed by atoms with van der Waals surface area (Å²) >= 11 is 12.6. The monoisotopic (exact) mass is 420 g/mol. The number of hydrogen-bond acceptors (Lipinski definition) is 5. The van der Waals surface area contributed by atoms with Crippen molar-refractivity contribution in [1.82, 2.24) is 20.2 Å². The summed E-state index contributed by atoms with van der Waals surface area (Å²) in [5, 5.41) is 3.37.